The molecule has 0 aromatic heterocycles. The van der Waals surface area contributed by atoms with Crippen LogP contribution >= 0.6 is 0 Å². The van der Waals surface area contributed by atoms with E-state index in [2.05, 4.69) is 64.1 Å². The minimum absolute atomic E-state index is 0.0559. The molecule has 0 saturated heterocycles. The van der Waals surface area contributed by atoms with Crippen molar-refractivity contribution in [2.45, 2.75) is 116 Å². The van der Waals surface area contributed by atoms with E-state index >= 15 is 0 Å². The Labute approximate surface area is 199 Å². The van der Waals surface area contributed by atoms with Crippen LogP contribution in [0.4, 0.5) is 0 Å². The van der Waals surface area contributed by atoms with Crippen LogP contribution in [0, 0.1) is 5.92 Å². The molecule has 0 fully saturated rings. The predicted molar refractivity (Wildman–Crippen MR) is 143 cm³/mol. The molecule has 2 nitrogen and oxygen atoms in total. The van der Waals surface area contributed by atoms with Gasteiger partial charge in [0.25, 0.3) is 0 Å². The SMILES string of the molecule is CC(CCCCCCCCCC1Cc2c(ccc3ccccc23)C(N)C1)[SiH2]OC(C)(C)C. The zero-order valence-corrected chi connectivity index (χ0v) is 22.6. The molecule has 2 aromatic rings. The summed E-state index contributed by atoms with van der Waals surface area (Å²) in [6, 6.07) is 13.6. The first-order valence-electron chi connectivity index (χ1n) is 13.2. The first-order chi connectivity index (χ1) is 15.3. The van der Waals surface area contributed by atoms with Crippen molar-refractivity contribution in [3.05, 3.63) is 47.5 Å². The highest BCUT2D eigenvalue weighted by atomic mass is 28.2. The molecule has 0 saturated carbocycles. The van der Waals surface area contributed by atoms with Gasteiger partial charge in [0, 0.05) is 11.6 Å². The van der Waals surface area contributed by atoms with Crippen LogP contribution in [-0.2, 0) is 10.8 Å². The Hall–Kier alpha value is -1.16. The number of hydrogen-bond acceptors (Lipinski definition) is 2. The van der Waals surface area contributed by atoms with E-state index in [0.29, 0.717) is 0 Å². The first-order valence-corrected chi connectivity index (χ1v) is 14.6. The average Bonchev–Trinajstić information content (AvgIpc) is 2.76. The van der Waals surface area contributed by atoms with Gasteiger partial charge in [-0.1, -0.05) is 101 Å². The normalized spacial score (nSPS) is 20.2. The molecular formula is C29H47NOSi. The van der Waals surface area contributed by atoms with Crippen molar-refractivity contribution >= 4 is 20.5 Å². The molecule has 3 rings (SSSR count). The van der Waals surface area contributed by atoms with E-state index in [-0.39, 0.29) is 21.4 Å². The molecule has 2 N–H and O–H groups in total. The average molecular weight is 454 g/mol. The van der Waals surface area contributed by atoms with Crippen molar-refractivity contribution in [1.29, 1.82) is 0 Å². The van der Waals surface area contributed by atoms with Crippen molar-refractivity contribution in [2.75, 3.05) is 0 Å². The van der Waals surface area contributed by atoms with Crippen LogP contribution in [0.15, 0.2) is 36.4 Å². The maximum absolute atomic E-state index is 6.58. The molecule has 0 aliphatic heterocycles. The second kappa shape index (κ2) is 12.3. The van der Waals surface area contributed by atoms with Gasteiger partial charge in [-0.3, -0.25) is 0 Å². The summed E-state index contributed by atoms with van der Waals surface area (Å²) in [6.07, 6.45) is 14.8. The van der Waals surface area contributed by atoms with Gasteiger partial charge >= 0.3 is 0 Å². The van der Waals surface area contributed by atoms with Crippen molar-refractivity contribution in [3.8, 4) is 0 Å². The largest absolute Gasteiger partial charge is 0.419 e. The summed E-state index contributed by atoms with van der Waals surface area (Å²) in [5.74, 6) is 0.754. The topological polar surface area (TPSA) is 35.2 Å². The molecule has 0 amide bonds. The zero-order valence-electron chi connectivity index (χ0n) is 21.2. The lowest BCUT2D eigenvalue weighted by Gasteiger charge is -2.30. The molecule has 1 aliphatic rings. The molecule has 2 aromatic carbocycles. The monoisotopic (exact) mass is 453 g/mol. The fourth-order valence-electron chi connectivity index (χ4n) is 5.29. The molecule has 1 aliphatic carbocycles. The summed E-state index contributed by atoms with van der Waals surface area (Å²) < 4.78 is 6.04. The summed E-state index contributed by atoms with van der Waals surface area (Å²) in [5.41, 5.74) is 10.4. The zero-order chi connectivity index (χ0) is 23.0. The van der Waals surface area contributed by atoms with Crippen LogP contribution in [0.3, 0.4) is 0 Å². The Morgan fingerprint density at radius 3 is 2.41 bits per heavy atom. The minimum atomic E-state index is -0.372. The number of nitrogens with two attached hydrogens (primary N) is 1. The highest BCUT2D eigenvalue weighted by molar-refractivity contribution is 6.29. The van der Waals surface area contributed by atoms with Gasteiger partial charge in [0.2, 0.25) is 0 Å². The Bertz CT molecular complexity index is 828. The molecular weight excluding hydrogens is 406 g/mol. The van der Waals surface area contributed by atoms with Crippen molar-refractivity contribution in [2.24, 2.45) is 11.7 Å². The summed E-state index contributed by atoms with van der Waals surface area (Å²) in [7, 11) is -0.372. The summed E-state index contributed by atoms with van der Waals surface area (Å²) in [6.45, 7) is 8.92. The Morgan fingerprint density at radius 2 is 1.66 bits per heavy atom. The van der Waals surface area contributed by atoms with E-state index < -0.39 is 0 Å². The van der Waals surface area contributed by atoms with Gasteiger partial charge in [-0.15, -0.1) is 0 Å². The highest BCUT2D eigenvalue weighted by Gasteiger charge is 2.25. The van der Waals surface area contributed by atoms with Gasteiger partial charge < -0.3 is 10.2 Å². The molecule has 3 heteroatoms. The molecule has 0 heterocycles. The Balaban J connectivity index is 1.28. The smallest absolute Gasteiger partial charge is 0.165 e. The third kappa shape index (κ3) is 8.00. The van der Waals surface area contributed by atoms with E-state index in [1.165, 1.54) is 86.1 Å². The number of rotatable bonds is 12. The van der Waals surface area contributed by atoms with Gasteiger partial charge in [0.15, 0.2) is 9.76 Å². The number of benzene rings is 2. The number of hydrogen-bond donors (Lipinski definition) is 1. The fourth-order valence-corrected chi connectivity index (χ4v) is 6.53. The van der Waals surface area contributed by atoms with Gasteiger partial charge in [-0.05, 0) is 67.0 Å². The summed E-state index contributed by atoms with van der Waals surface area (Å²) in [5, 5.41) is 2.78. The van der Waals surface area contributed by atoms with Crippen molar-refractivity contribution in [3.63, 3.8) is 0 Å². The lowest BCUT2D eigenvalue weighted by atomic mass is 9.77. The number of fused-ring (bicyclic) bond motifs is 3. The molecule has 178 valence electrons. The van der Waals surface area contributed by atoms with E-state index in [9.17, 15) is 0 Å². The Morgan fingerprint density at radius 1 is 0.969 bits per heavy atom. The second-order valence-corrected chi connectivity index (χ2v) is 13.4. The molecule has 0 spiro atoms. The summed E-state index contributed by atoms with van der Waals surface area (Å²) in [4.78, 5) is 0. The van der Waals surface area contributed by atoms with Gasteiger partial charge in [-0.2, -0.15) is 0 Å². The van der Waals surface area contributed by atoms with E-state index in [0.717, 1.165) is 17.9 Å². The first kappa shape index (κ1) is 25.5. The summed E-state index contributed by atoms with van der Waals surface area (Å²) >= 11 is 0. The van der Waals surface area contributed by atoms with Crippen LogP contribution in [0.2, 0.25) is 5.54 Å². The molecule has 3 atom stereocenters. The van der Waals surface area contributed by atoms with Gasteiger partial charge in [-0.25, -0.2) is 0 Å². The van der Waals surface area contributed by atoms with E-state index in [1.807, 2.05) is 0 Å². The van der Waals surface area contributed by atoms with Crippen LogP contribution in [0.5, 0.6) is 0 Å². The Kier molecular flexibility index (Phi) is 9.82. The van der Waals surface area contributed by atoms with Crippen LogP contribution in [0.1, 0.15) is 109 Å². The molecule has 0 radical (unpaired) electrons. The van der Waals surface area contributed by atoms with E-state index in [4.69, 9.17) is 10.2 Å². The molecule has 32 heavy (non-hydrogen) atoms. The van der Waals surface area contributed by atoms with E-state index in [1.54, 1.807) is 0 Å². The van der Waals surface area contributed by atoms with Crippen molar-refractivity contribution < 1.29 is 4.43 Å². The lowest BCUT2D eigenvalue weighted by Crippen LogP contribution is -2.24. The van der Waals surface area contributed by atoms with Crippen LogP contribution in [0.25, 0.3) is 10.8 Å². The minimum Gasteiger partial charge on any atom is -0.419 e. The predicted octanol–water partition coefficient (Wildman–Crippen LogP) is 7.62. The highest BCUT2D eigenvalue weighted by Crippen LogP contribution is 2.38. The standard InChI is InChI=1S/C29H47NOSi/c1-22(32-31-29(2,3)4)14-10-8-6-5-7-9-11-15-23-20-27-25-17-13-12-16-24(25)18-19-26(27)28(30)21-23/h12-13,16-19,22-23,28H,5-11,14-15,20-21,30,32H2,1-4H3. The second-order valence-electron chi connectivity index (χ2n) is 11.3. The quantitative estimate of drug-likeness (QED) is 0.265. The van der Waals surface area contributed by atoms with Gasteiger partial charge in [0.1, 0.15) is 0 Å². The van der Waals surface area contributed by atoms with Crippen LogP contribution < -0.4 is 5.73 Å². The third-order valence-corrected chi connectivity index (χ3v) is 9.18. The van der Waals surface area contributed by atoms with Crippen LogP contribution in [-0.4, -0.2) is 15.4 Å². The lowest BCUT2D eigenvalue weighted by molar-refractivity contribution is 0.135. The molecule has 3 unspecified atom stereocenters. The molecule has 0 bridgehead atoms. The van der Waals surface area contributed by atoms with Gasteiger partial charge in [0.05, 0.1) is 0 Å². The maximum Gasteiger partial charge on any atom is 0.165 e. The fraction of sp³-hybridized carbons (Fsp3) is 0.655. The van der Waals surface area contributed by atoms with Crippen molar-refractivity contribution in [1.82, 2.24) is 0 Å². The number of unbranched alkanes of at least 4 members (excludes halogenated alkanes) is 6. The maximum atomic E-state index is 6.58. The third-order valence-electron chi connectivity index (χ3n) is 7.17.